The van der Waals surface area contributed by atoms with Crippen LogP contribution in [0.15, 0.2) is 41.5 Å². The van der Waals surface area contributed by atoms with Gasteiger partial charge >= 0.3 is 0 Å². The van der Waals surface area contributed by atoms with Crippen molar-refractivity contribution in [2.45, 2.75) is 6.42 Å². The highest BCUT2D eigenvalue weighted by Crippen LogP contribution is 2.24. The van der Waals surface area contributed by atoms with E-state index >= 15 is 0 Å². The lowest BCUT2D eigenvalue weighted by Gasteiger charge is -2.19. The quantitative estimate of drug-likeness (QED) is 0.729. The van der Waals surface area contributed by atoms with Crippen LogP contribution in [0.2, 0.25) is 5.02 Å². The van der Waals surface area contributed by atoms with Crippen molar-refractivity contribution < 1.29 is 4.79 Å². The number of nitrogens with zero attached hydrogens (tertiary/aromatic N) is 4. The van der Waals surface area contributed by atoms with Gasteiger partial charge in [-0.15, -0.1) is 0 Å². The van der Waals surface area contributed by atoms with E-state index in [1.807, 2.05) is 24.3 Å². The number of halogens is 1. The second-order valence-electron chi connectivity index (χ2n) is 7.28. The smallest absolute Gasteiger partial charge is 0.256 e. The molecular weight excluding hydrogens is 378 g/mol. The molecule has 0 bridgehead atoms. The second kappa shape index (κ2) is 7.31. The molecule has 1 aliphatic heterocycles. The summed E-state index contributed by atoms with van der Waals surface area (Å²) < 4.78 is 3.39. The highest BCUT2D eigenvalue weighted by atomic mass is 35.5. The van der Waals surface area contributed by atoms with E-state index < -0.39 is 0 Å². The number of hydrogen-bond donors (Lipinski definition) is 1. The van der Waals surface area contributed by atoms with Gasteiger partial charge in [-0.25, -0.2) is 0 Å². The molecule has 1 fully saturated rings. The third-order valence-corrected chi connectivity index (χ3v) is 5.58. The van der Waals surface area contributed by atoms with Crippen LogP contribution < -0.4 is 15.6 Å². The van der Waals surface area contributed by atoms with Gasteiger partial charge in [0, 0.05) is 50.6 Å². The van der Waals surface area contributed by atoms with Crippen LogP contribution in [0.3, 0.4) is 0 Å². The highest BCUT2D eigenvalue weighted by molar-refractivity contribution is 6.30. The fourth-order valence-electron chi connectivity index (χ4n) is 3.85. The van der Waals surface area contributed by atoms with Crippen molar-refractivity contribution in [2.24, 2.45) is 20.0 Å². The van der Waals surface area contributed by atoms with Gasteiger partial charge in [0.2, 0.25) is 5.43 Å². The summed E-state index contributed by atoms with van der Waals surface area (Å²) in [5.74, 6) is 0.00176. The van der Waals surface area contributed by atoms with Crippen LogP contribution in [0.1, 0.15) is 16.8 Å². The molecule has 0 radical (unpaired) electrons. The fraction of sp³-hybridized carbons (Fsp3) is 0.350. The fourth-order valence-corrected chi connectivity index (χ4v) is 3.97. The summed E-state index contributed by atoms with van der Waals surface area (Å²) in [6, 6.07) is 7.79. The van der Waals surface area contributed by atoms with E-state index in [1.54, 1.807) is 29.5 Å². The predicted molar refractivity (Wildman–Crippen MR) is 110 cm³/mol. The molecule has 1 atom stereocenters. The molecule has 2 aromatic heterocycles. The van der Waals surface area contributed by atoms with Gasteiger partial charge in [-0.2, -0.15) is 5.10 Å². The van der Waals surface area contributed by atoms with Crippen molar-refractivity contribution in [2.75, 3.05) is 24.5 Å². The Morgan fingerprint density at radius 3 is 2.79 bits per heavy atom. The van der Waals surface area contributed by atoms with E-state index in [2.05, 4.69) is 15.3 Å². The number of carbonyl (C=O) groups is 1. The third-order valence-electron chi connectivity index (χ3n) is 5.33. The largest absolute Gasteiger partial charge is 0.371 e. The zero-order chi connectivity index (χ0) is 19.8. The molecule has 3 heterocycles. The molecule has 1 saturated heterocycles. The van der Waals surface area contributed by atoms with Gasteiger partial charge in [0.15, 0.2) is 0 Å². The molecule has 0 saturated carbocycles. The van der Waals surface area contributed by atoms with Gasteiger partial charge in [-0.1, -0.05) is 11.6 Å². The molecule has 1 amide bonds. The number of carbonyl (C=O) groups excluding carboxylic acids is 1. The minimum atomic E-state index is -0.337. The summed E-state index contributed by atoms with van der Waals surface area (Å²) >= 11 is 5.95. The third kappa shape index (κ3) is 3.38. The van der Waals surface area contributed by atoms with Crippen molar-refractivity contribution in [3.8, 4) is 0 Å². The van der Waals surface area contributed by atoms with Crippen LogP contribution in [-0.2, 0) is 14.1 Å². The maximum Gasteiger partial charge on any atom is 0.256 e. The van der Waals surface area contributed by atoms with Crippen molar-refractivity contribution in [3.05, 3.63) is 57.5 Å². The van der Waals surface area contributed by atoms with E-state index in [0.717, 1.165) is 30.2 Å². The molecule has 1 N–H and O–H groups in total. The summed E-state index contributed by atoms with van der Waals surface area (Å²) in [5, 5.41) is 8.23. The summed E-state index contributed by atoms with van der Waals surface area (Å²) in [7, 11) is 3.58. The molecule has 28 heavy (non-hydrogen) atoms. The number of fused-ring (bicyclic) bond motifs is 1. The Hall–Kier alpha value is -2.80. The standard InChI is InChI=1S/C20H22ClN5O2/c1-24-12-17(18(27)16-10-23-25(2)20(16)24)19(28)22-9-13-7-8-26(11-13)15-5-3-14(21)4-6-15/h3-6,10,12-13H,7-9,11H2,1-2H3,(H,22,28). The second-order valence-corrected chi connectivity index (χ2v) is 7.71. The molecule has 4 rings (SSSR count). The van der Waals surface area contributed by atoms with Gasteiger partial charge in [-0.3, -0.25) is 14.3 Å². The Bertz CT molecular complexity index is 1090. The summed E-state index contributed by atoms with van der Waals surface area (Å²) in [5.41, 5.74) is 1.69. The van der Waals surface area contributed by atoms with Crippen LogP contribution in [0.5, 0.6) is 0 Å². The zero-order valence-electron chi connectivity index (χ0n) is 15.9. The molecule has 1 aliphatic rings. The van der Waals surface area contributed by atoms with Gasteiger partial charge in [0.25, 0.3) is 5.91 Å². The van der Waals surface area contributed by atoms with Crippen molar-refractivity contribution >= 4 is 34.2 Å². The average Bonchev–Trinajstić information content (AvgIpc) is 3.31. The minimum absolute atomic E-state index is 0.149. The lowest BCUT2D eigenvalue weighted by atomic mass is 10.1. The Labute approximate surface area is 167 Å². The number of aryl methyl sites for hydroxylation is 2. The maximum atomic E-state index is 12.6. The van der Waals surface area contributed by atoms with E-state index in [-0.39, 0.29) is 16.9 Å². The first kappa shape index (κ1) is 18.6. The molecule has 1 aromatic carbocycles. The number of aromatic nitrogens is 3. The molecule has 7 nitrogen and oxygen atoms in total. The number of anilines is 1. The zero-order valence-corrected chi connectivity index (χ0v) is 16.6. The number of benzene rings is 1. The normalized spacial score (nSPS) is 16.7. The van der Waals surface area contributed by atoms with Gasteiger partial charge in [0.05, 0.1) is 11.6 Å². The van der Waals surface area contributed by atoms with Crippen LogP contribution >= 0.6 is 11.6 Å². The van der Waals surface area contributed by atoms with E-state index in [9.17, 15) is 9.59 Å². The van der Waals surface area contributed by atoms with Gasteiger partial charge < -0.3 is 14.8 Å². The predicted octanol–water partition coefficient (Wildman–Crippen LogP) is 2.18. The molecule has 0 aliphatic carbocycles. The molecule has 0 spiro atoms. The first-order valence-electron chi connectivity index (χ1n) is 9.24. The first-order chi connectivity index (χ1) is 13.4. The van der Waals surface area contributed by atoms with Crippen molar-refractivity contribution in [1.29, 1.82) is 0 Å². The Morgan fingerprint density at radius 2 is 2.04 bits per heavy atom. The molecule has 1 unspecified atom stereocenters. The number of hydrogen-bond acceptors (Lipinski definition) is 4. The first-order valence-corrected chi connectivity index (χ1v) is 9.62. The summed E-state index contributed by atoms with van der Waals surface area (Å²) in [6.07, 6.45) is 4.08. The SMILES string of the molecule is Cn1cc(C(=O)NCC2CCN(c3ccc(Cl)cc3)C2)c(=O)c2cnn(C)c21. The Morgan fingerprint density at radius 1 is 1.29 bits per heavy atom. The van der Waals surface area contributed by atoms with Gasteiger partial charge in [-0.05, 0) is 36.6 Å². The summed E-state index contributed by atoms with van der Waals surface area (Å²) in [6.45, 7) is 2.34. The van der Waals surface area contributed by atoms with E-state index in [0.29, 0.717) is 23.5 Å². The van der Waals surface area contributed by atoms with E-state index in [1.165, 1.54) is 6.20 Å². The molecule has 3 aromatic rings. The lowest BCUT2D eigenvalue weighted by Crippen LogP contribution is -2.34. The van der Waals surface area contributed by atoms with Gasteiger partial charge in [0.1, 0.15) is 11.2 Å². The van der Waals surface area contributed by atoms with Crippen LogP contribution in [0.25, 0.3) is 11.0 Å². The van der Waals surface area contributed by atoms with Crippen LogP contribution in [0.4, 0.5) is 5.69 Å². The molecular formula is C20H22ClN5O2. The average molecular weight is 400 g/mol. The lowest BCUT2D eigenvalue weighted by molar-refractivity contribution is 0.0946. The van der Waals surface area contributed by atoms with Crippen LogP contribution in [-0.4, -0.2) is 39.9 Å². The monoisotopic (exact) mass is 399 g/mol. The van der Waals surface area contributed by atoms with Crippen molar-refractivity contribution in [3.63, 3.8) is 0 Å². The summed E-state index contributed by atoms with van der Waals surface area (Å²) in [4.78, 5) is 27.6. The van der Waals surface area contributed by atoms with Crippen LogP contribution in [0, 0.1) is 5.92 Å². The minimum Gasteiger partial charge on any atom is -0.371 e. The maximum absolute atomic E-state index is 12.6. The Balaban J connectivity index is 1.43. The number of pyridine rings is 1. The number of rotatable bonds is 4. The van der Waals surface area contributed by atoms with E-state index in [4.69, 9.17) is 11.6 Å². The molecule has 146 valence electrons. The Kier molecular flexibility index (Phi) is 4.85. The highest BCUT2D eigenvalue weighted by Gasteiger charge is 2.24. The number of amides is 1. The topological polar surface area (TPSA) is 72.2 Å². The molecule has 8 heteroatoms. The number of nitrogens with one attached hydrogen (secondary N) is 1. The van der Waals surface area contributed by atoms with Crippen molar-refractivity contribution in [1.82, 2.24) is 19.7 Å².